The van der Waals surface area contributed by atoms with Crippen LogP contribution in [0.2, 0.25) is 0 Å². The quantitative estimate of drug-likeness (QED) is 0.646. The summed E-state index contributed by atoms with van der Waals surface area (Å²) in [6.45, 7) is -0.491. The lowest BCUT2D eigenvalue weighted by Gasteiger charge is -2.06. The fourth-order valence-electron chi connectivity index (χ4n) is 1.23. The normalized spacial score (nSPS) is 9.80. The summed E-state index contributed by atoms with van der Waals surface area (Å²) in [5.41, 5.74) is 4.22. The van der Waals surface area contributed by atoms with E-state index in [-0.39, 0.29) is 5.76 Å². The van der Waals surface area contributed by atoms with Gasteiger partial charge in [0.15, 0.2) is 12.4 Å². The summed E-state index contributed by atoms with van der Waals surface area (Å²) in [4.78, 5) is 34.6. The summed E-state index contributed by atoms with van der Waals surface area (Å²) >= 11 is 1.21. The summed E-state index contributed by atoms with van der Waals surface area (Å²) in [5, 5.41) is 1.72. The number of furan rings is 1. The van der Waals surface area contributed by atoms with Gasteiger partial charge < -0.3 is 9.15 Å². The maximum atomic E-state index is 11.4. The maximum Gasteiger partial charge on any atom is 0.348 e. The van der Waals surface area contributed by atoms with Crippen LogP contribution in [-0.2, 0) is 9.53 Å². The number of thiophene rings is 1. The molecule has 0 bridgehead atoms. The summed E-state index contributed by atoms with van der Waals surface area (Å²) in [6.07, 6.45) is 1.33. The molecule has 0 spiro atoms. The molecule has 0 aliphatic rings. The zero-order chi connectivity index (χ0) is 14.4. The van der Waals surface area contributed by atoms with Gasteiger partial charge in [0.25, 0.3) is 5.91 Å². The van der Waals surface area contributed by atoms with Crippen molar-refractivity contribution in [1.29, 1.82) is 0 Å². The minimum atomic E-state index is -0.658. The number of amides is 2. The second kappa shape index (κ2) is 6.53. The number of hydrogen-bond acceptors (Lipinski definition) is 6. The fourth-order valence-corrected chi connectivity index (χ4v) is 1.84. The van der Waals surface area contributed by atoms with Crippen LogP contribution >= 0.6 is 11.3 Å². The van der Waals surface area contributed by atoms with Crippen molar-refractivity contribution >= 4 is 29.1 Å². The average Bonchev–Trinajstić information content (AvgIpc) is 3.14. The summed E-state index contributed by atoms with van der Waals surface area (Å²) in [5.74, 6) is -1.80. The summed E-state index contributed by atoms with van der Waals surface area (Å²) < 4.78 is 9.58. The molecule has 2 aromatic heterocycles. The largest absolute Gasteiger partial charge is 0.459 e. The molecule has 2 heterocycles. The Bertz CT molecular complexity index is 539. The molecule has 0 aliphatic heterocycles. The molecule has 2 N–H and O–H groups in total. The van der Waals surface area contributed by atoms with E-state index in [1.165, 1.54) is 23.7 Å². The summed E-state index contributed by atoms with van der Waals surface area (Å²) in [7, 11) is 0. The molecule has 0 saturated heterocycles. The molecule has 0 aliphatic carbocycles. The Hall–Kier alpha value is -2.61. The zero-order valence-corrected chi connectivity index (χ0v) is 10.9. The lowest BCUT2D eigenvalue weighted by Crippen LogP contribution is -2.43. The molecular formula is C12H10N2O5S. The van der Waals surface area contributed by atoms with Crippen molar-refractivity contribution in [2.75, 3.05) is 6.61 Å². The molecule has 2 rings (SSSR count). The van der Waals surface area contributed by atoms with Gasteiger partial charge in [0.1, 0.15) is 4.88 Å². The first kappa shape index (κ1) is 13.8. The van der Waals surface area contributed by atoms with Crippen LogP contribution in [0.5, 0.6) is 0 Å². The Morgan fingerprint density at radius 1 is 1.20 bits per heavy atom. The van der Waals surface area contributed by atoms with Gasteiger partial charge in [-0.15, -0.1) is 11.3 Å². The standard InChI is InChI=1S/C12H10N2O5S/c15-10(7-19-12(17)9-4-2-6-20-9)13-14-11(16)8-3-1-5-18-8/h1-6H,7H2,(H,13,15)(H,14,16). The molecule has 2 amide bonds. The van der Waals surface area contributed by atoms with Crippen molar-refractivity contribution in [2.45, 2.75) is 0 Å². The predicted molar refractivity (Wildman–Crippen MR) is 68.9 cm³/mol. The number of esters is 1. The lowest BCUT2D eigenvalue weighted by molar-refractivity contribution is -0.125. The minimum absolute atomic E-state index is 0.0564. The smallest absolute Gasteiger partial charge is 0.348 e. The van der Waals surface area contributed by atoms with Crippen LogP contribution in [0.4, 0.5) is 0 Å². The minimum Gasteiger partial charge on any atom is -0.459 e. The van der Waals surface area contributed by atoms with Crippen LogP contribution in [0.15, 0.2) is 40.3 Å². The SMILES string of the molecule is O=C(COC(=O)c1cccs1)NNC(=O)c1ccco1. The van der Waals surface area contributed by atoms with Crippen molar-refractivity contribution in [1.82, 2.24) is 10.9 Å². The number of carbonyl (C=O) groups is 3. The molecule has 104 valence electrons. The molecule has 0 saturated carbocycles. The van der Waals surface area contributed by atoms with E-state index in [0.717, 1.165) is 0 Å². The highest BCUT2D eigenvalue weighted by Gasteiger charge is 2.12. The summed E-state index contributed by atoms with van der Waals surface area (Å²) in [6, 6.07) is 6.27. The van der Waals surface area contributed by atoms with Gasteiger partial charge in [0, 0.05) is 0 Å². The first-order valence-corrected chi connectivity index (χ1v) is 6.38. The predicted octanol–water partition coefficient (Wildman–Crippen LogP) is 0.959. The van der Waals surface area contributed by atoms with Crippen LogP contribution in [0, 0.1) is 0 Å². The number of hydrogen-bond donors (Lipinski definition) is 2. The third-order valence-corrected chi connectivity index (χ3v) is 2.97. The van der Waals surface area contributed by atoms with E-state index in [9.17, 15) is 14.4 Å². The van der Waals surface area contributed by atoms with Crippen LogP contribution in [0.3, 0.4) is 0 Å². The highest BCUT2D eigenvalue weighted by atomic mass is 32.1. The molecule has 8 heteroatoms. The average molecular weight is 294 g/mol. The molecule has 0 radical (unpaired) electrons. The van der Waals surface area contributed by atoms with E-state index in [0.29, 0.717) is 4.88 Å². The Kier molecular flexibility index (Phi) is 4.51. The molecule has 0 fully saturated rings. The van der Waals surface area contributed by atoms with E-state index >= 15 is 0 Å². The molecule has 0 unspecified atom stereocenters. The van der Waals surface area contributed by atoms with Crippen LogP contribution in [0.25, 0.3) is 0 Å². The maximum absolute atomic E-state index is 11.4. The van der Waals surface area contributed by atoms with Crippen molar-refractivity contribution in [3.05, 3.63) is 46.5 Å². The first-order valence-electron chi connectivity index (χ1n) is 5.50. The second-order valence-electron chi connectivity index (χ2n) is 3.53. The third kappa shape index (κ3) is 3.69. The number of nitrogens with one attached hydrogen (secondary N) is 2. The van der Waals surface area contributed by atoms with Crippen LogP contribution < -0.4 is 10.9 Å². The van der Waals surface area contributed by atoms with Gasteiger partial charge >= 0.3 is 11.9 Å². The highest BCUT2D eigenvalue weighted by molar-refractivity contribution is 7.11. The number of hydrazine groups is 1. The molecule has 20 heavy (non-hydrogen) atoms. The van der Waals surface area contributed by atoms with Crippen LogP contribution in [-0.4, -0.2) is 24.4 Å². The Morgan fingerprint density at radius 3 is 2.70 bits per heavy atom. The topological polar surface area (TPSA) is 97.6 Å². The van der Waals surface area contributed by atoms with Gasteiger partial charge in [-0.25, -0.2) is 4.79 Å². The van der Waals surface area contributed by atoms with E-state index in [1.807, 2.05) is 0 Å². The molecule has 7 nitrogen and oxygen atoms in total. The Morgan fingerprint density at radius 2 is 2.05 bits per heavy atom. The first-order chi connectivity index (χ1) is 9.66. The highest BCUT2D eigenvalue weighted by Crippen LogP contribution is 2.09. The van der Waals surface area contributed by atoms with E-state index < -0.39 is 24.4 Å². The second-order valence-corrected chi connectivity index (χ2v) is 4.48. The zero-order valence-electron chi connectivity index (χ0n) is 10.1. The fraction of sp³-hybridized carbons (Fsp3) is 0.0833. The van der Waals surface area contributed by atoms with Gasteiger partial charge in [-0.2, -0.15) is 0 Å². The molecule has 2 aromatic rings. The van der Waals surface area contributed by atoms with E-state index in [4.69, 9.17) is 9.15 Å². The van der Waals surface area contributed by atoms with Gasteiger partial charge in [0.05, 0.1) is 6.26 Å². The Labute approximate surface area is 117 Å². The number of rotatable bonds is 4. The molecule has 0 atom stereocenters. The number of ether oxygens (including phenoxy) is 1. The lowest BCUT2D eigenvalue weighted by atomic mass is 10.4. The molecular weight excluding hydrogens is 284 g/mol. The Balaban J connectivity index is 1.71. The molecule has 0 aromatic carbocycles. The van der Waals surface area contributed by atoms with Gasteiger partial charge in [-0.3, -0.25) is 20.4 Å². The van der Waals surface area contributed by atoms with Crippen molar-refractivity contribution < 1.29 is 23.5 Å². The van der Waals surface area contributed by atoms with Gasteiger partial charge in [-0.05, 0) is 23.6 Å². The number of carbonyl (C=O) groups excluding carboxylic acids is 3. The van der Waals surface area contributed by atoms with Gasteiger partial charge in [0.2, 0.25) is 0 Å². The van der Waals surface area contributed by atoms with E-state index in [1.54, 1.807) is 23.6 Å². The van der Waals surface area contributed by atoms with Crippen molar-refractivity contribution in [3.8, 4) is 0 Å². The van der Waals surface area contributed by atoms with Crippen LogP contribution in [0.1, 0.15) is 20.2 Å². The van der Waals surface area contributed by atoms with E-state index in [2.05, 4.69) is 10.9 Å². The van der Waals surface area contributed by atoms with Gasteiger partial charge in [-0.1, -0.05) is 6.07 Å². The monoisotopic (exact) mass is 294 g/mol. The third-order valence-electron chi connectivity index (χ3n) is 2.12. The van der Waals surface area contributed by atoms with Crippen molar-refractivity contribution in [3.63, 3.8) is 0 Å². The van der Waals surface area contributed by atoms with Crippen molar-refractivity contribution in [2.24, 2.45) is 0 Å².